The molecule has 1 aromatic carbocycles. The molecule has 1 aliphatic rings. The average molecular weight is 438 g/mol. The topological polar surface area (TPSA) is 80.2 Å². The van der Waals surface area contributed by atoms with Gasteiger partial charge in [-0.05, 0) is 43.2 Å². The van der Waals surface area contributed by atoms with E-state index in [9.17, 15) is 4.79 Å². The van der Waals surface area contributed by atoms with E-state index in [2.05, 4.69) is 15.3 Å². The Hall–Kier alpha value is -3.19. The molecule has 0 bridgehead atoms. The Morgan fingerprint density at radius 1 is 1.26 bits per heavy atom. The van der Waals surface area contributed by atoms with E-state index in [-0.39, 0.29) is 11.8 Å². The fraction of sp³-hybridized carbons (Fsp3) is 0.304. The number of piperidine rings is 1. The van der Waals surface area contributed by atoms with Gasteiger partial charge in [0.25, 0.3) is 5.91 Å². The molecule has 0 saturated carbocycles. The number of hydrogen-bond donors (Lipinski definition) is 1. The van der Waals surface area contributed by atoms with Crippen molar-refractivity contribution in [1.29, 1.82) is 0 Å². The lowest BCUT2D eigenvalue weighted by atomic mass is 9.93. The van der Waals surface area contributed by atoms with Crippen LogP contribution in [0, 0.1) is 0 Å². The number of methoxy groups -OCH3 is 1. The summed E-state index contributed by atoms with van der Waals surface area (Å²) in [6.07, 6.45) is 5.31. The zero-order chi connectivity index (χ0) is 21.8. The maximum atomic E-state index is 13.3. The second kappa shape index (κ2) is 9.31. The Bertz CT molecular complexity index is 1080. The number of rotatable bonds is 5. The van der Waals surface area contributed by atoms with Gasteiger partial charge in [0.1, 0.15) is 11.6 Å². The Kier molecular flexibility index (Phi) is 6.32. The maximum absolute atomic E-state index is 13.3. The molecule has 1 N–H and O–H groups in total. The number of nitrogens with one attached hydrogen (secondary N) is 1. The summed E-state index contributed by atoms with van der Waals surface area (Å²) in [6, 6.07) is 10.9. The molecular weight excluding hydrogens is 414 g/mol. The van der Waals surface area contributed by atoms with Crippen molar-refractivity contribution in [3.63, 3.8) is 0 Å². The SMILES string of the molecule is CNc1cc(C2CCCN(C(=O)c3cc(Cl)ccc3OC)C2)nc(-c2cccnc2)n1. The van der Waals surface area contributed by atoms with Gasteiger partial charge in [-0.1, -0.05) is 11.6 Å². The van der Waals surface area contributed by atoms with Crippen LogP contribution in [0.5, 0.6) is 5.75 Å². The van der Waals surface area contributed by atoms with E-state index in [1.165, 1.54) is 0 Å². The van der Waals surface area contributed by atoms with Crippen LogP contribution in [0.4, 0.5) is 5.82 Å². The summed E-state index contributed by atoms with van der Waals surface area (Å²) in [5.74, 6) is 1.90. The van der Waals surface area contributed by atoms with Crippen molar-refractivity contribution >= 4 is 23.3 Å². The van der Waals surface area contributed by atoms with E-state index < -0.39 is 0 Å². The van der Waals surface area contributed by atoms with Gasteiger partial charge in [-0.25, -0.2) is 9.97 Å². The number of pyridine rings is 1. The van der Waals surface area contributed by atoms with Gasteiger partial charge in [-0.15, -0.1) is 0 Å². The highest BCUT2D eigenvalue weighted by atomic mass is 35.5. The quantitative estimate of drug-likeness (QED) is 0.642. The first-order valence-corrected chi connectivity index (χ1v) is 10.6. The van der Waals surface area contributed by atoms with Crippen LogP contribution in [-0.2, 0) is 0 Å². The van der Waals surface area contributed by atoms with Crippen molar-refractivity contribution in [2.45, 2.75) is 18.8 Å². The first-order valence-electron chi connectivity index (χ1n) is 10.2. The van der Waals surface area contributed by atoms with Crippen molar-refractivity contribution in [1.82, 2.24) is 19.9 Å². The smallest absolute Gasteiger partial charge is 0.257 e. The van der Waals surface area contributed by atoms with Gasteiger partial charge in [0.15, 0.2) is 5.82 Å². The molecule has 1 fully saturated rings. The molecule has 2 aromatic heterocycles. The monoisotopic (exact) mass is 437 g/mol. The van der Waals surface area contributed by atoms with Crippen LogP contribution in [0.15, 0.2) is 48.8 Å². The molecule has 1 aliphatic heterocycles. The molecule has 3 heterocycles. The number of ether oxygens (including phenoxy) is 1. The van der Waals surface area contributed by atoms with Gasteiger partial charge in [0, 0.05) is 55.1 Å². The Balaban J connectivity index is 1.62. The Labute approximate surface area is 186 Å². The van der Waals surface area contributed by atoms with Crippen molar-refractivity contribution in [2.24, 2.45) is 0 Å². The summed E-state index contributed by atoms with van der Waals surface area (Å²) < 4.78 is 5.38. The molecule has 0 spiro atoms. The van der Waals surface area contributed by atoms with Crippen molar-refractivity contribution in [2.75, 3.05) is 32.6 Å². The predicted molar refractivity (Wildman–Crippen MR) is 121 cm³/mol. The van der Waals surface area contributed by atoms with E-state index in [1.54, 1.807) is 37.7 Å². The molecule has 31 heavy (non-hydrogen) atoms. The fourth-order valence-corrected chi connectivity index (χ4v) is 4.02. The van der Waals surface area contributed by atoms with Gasteiger partial charge in [0.2, 0.25) is 0 Å². The lowest BCUT2D eigenvalue weighted by Gasteiger charge is -2.33. The van der Waals surface area contributed by atoms with Gasteiger partial charge in [-0.2, -0.15) is 0 Å². The normalized spacial score (nSPS) is 16.1. The number of halogens is 1. The van der Waals surface area contributed by atoms with E-state index in [0.717, 1.165) is 29.9 Å². The van der Waals surface area contributed by atoms with Gasteiger partial charge in [0.05, 0.1) is 18.4 Å². The lowest BCUT2D eigenvalue weighted by Crippen LogP contribution is -2.39. The van der Waals surface area contributed by atoms with Crippen LogP contribution in [0.25, 0.3) is 11.4 Å². The third-order valence-corrected chi connectivity index (χ3v) is 5.68. The fourth-order valence-electron chi connectivity index (χ4n) is 3.85. The van der Waals surface area contributed by atoms with Crippen molar-refractivity contribution < 1.29 is 9.53 Å². The van der Waals surface area contributed by atoms with E-state index in [4.69, 9.17) is 21.3 Å². The largest absolute Gasteiger partial charge is 0.496 e. The highest BCUT2D eigenvalue weighted by Gasteiger charge is 2.28. The molecule has 0 aliphatic carbocycles. The first-order chi connectivity index (χ1) is 15.1. The number of amides is 1. The number of carbonyl (C=O) groups is 1. The van der Waals surface area contributed by atoms with Crippen LogP contribution < -0.4 is 10.1 Å². The number of hydrogen-bond acceptors (Lipinski definition) is 6. The molecule has 3 aromatic rings. The van der Waals surface area contributed by atoms with Crippen molar-refractivity contribution in [3.05, 3.63) is 65.1 Å². The summed E-state index contributed by atoms with van der Waals surface area (Å²) in [6.45, 7) is 1.26. The van der Waals surface area contributed by atoms with Gasteiger partial charge >= 0.3 is 0 Å². The Morgan fingerprint density at radius 2 is 2.13 bits per heavy atom. The zero-order valence-corrected chi connectivity index (χ0v) is 18.3. The first kappa shape index (κ1) is 21.1. The molecule has 7 nitrogen and oxygen atoms in total. The molecule has 8 heteroatoms. The lowest BCUT2D eigenvalue weighted by molar-refractivity contribution is 0.0702. The number of benzene rings is 1. The van der Waals surface area contributed by atoms with E-state index in [0.29, 0.717) is 35.2 Å². The second-order valence-electron chi connectivity index (χ2n) is 7.43. The van der Waals surface area contributed by atoms with Crippen LogP contribution >= 0.6 is 11.6 Å². The third kappa shape index (κ3) is 4.61. The third-order valence-electron chi connectivity index (χ3n) is 5.44. The molecule has 1 saturated heterocycles. The number of carbonyl (C=O) groups excluding carboxylic acids is 1. The molecule has 1 unspecified atom stereocenters. The van der Waals surface area contributed by atoms with Gasteiger partial charge < -0.3 is 15.0 Å². The summed E-state index contributed by atoms with van der Waals surface area (Å²) in [7, 11) is 3.39. The Morgan fingerprint density at radius 3 is 2.87 bits per heavy atom. The van der Waals surface area contributed by atoms with Crippen LogP contribution in [0.2, 0.25) is 5.02 Å². The zero-order valence-electron chi connectivity index (χ0n) is 17.5. The van der Waals surface area contributed by atoms with Gasteiger partial charge in [-0.3, -0.25) is 9.78 Å². The number of nitrogens with zero attached hydrogens (tertiary/aromatic N) is 4. The highest BCUT2D eigenvalue weighted by molar-refractivity contribution is 6.31. The van der Waals surface area contributed by atoms with E-state index >= 15 is 0 Å². The summed E-state index contributed by atoms with van der Waals surface area (Å²) in [4.78, 5) is 28.7. The summed E-state index contributed by atoms with van der Waals surface area (Å²) >= 11 is 6.14. The minimum absolute atomic E-state index is 0.0839. The number of aromatic nitrogens is 3. The summed E-state index contributed by atoms with van der Waals surface area (Å²) in [5.41, 5.74) is 2.24. The molecule has 160 valence electrons. The minimum atomic E-state index is -0.0839. The maximum Gasteiger partial charge on any atom is 0.257 e. The minimum Gasteiger partial charge on any atom is -0.496 e. The molecule has 1 atom stereocenters. The molecule has 1 amide bonds. The van der Waals surface area contributed by atoms with Crippen LogP contribution in [0.3, 0.4) is 0 Å². The average Bonchev–Trinajstić information content (AvgIpc) is 2.83. The molecular formula is C23H24ClN5O2. The predicted octanol–water partition coefficient (Wildman–Crippen LogP) is 4.26. The number of anilines is 1. The van der Waals surface area contributed by atoms with E-state index in [1.807, 2.05) is 30.1 Å². The highest BCUT2D eigenvalue weighted by Crippen LogP contribution is 2.31. The summed E-state index contributed by atoms with van der Waals surface area (Å²) in [5, 5.41) is 3.62. The second-order valence-corrected chi connectivity index (χ2v) is 7.86. The van der Waals surface area contributed by atoms with Crippen LogP contribution in [0.1, 0.15) is 34.8 Å². The molecule has 4 rings (SSSR count). The standard InChI is InChI=1S/C23H24ClN5O2/c1-25-21-12-19(27-22(28-21)15-5-3-9-26-13-15)16-6-4-10-29(14-16)23(30)18-11-17(24)7-8-20(18)31-2/h3,5,7-9,11-13,16H,4,6,10,14H2,1-2H3,(H,25,27,28). The molecule has 0 radical (unpaired) electrons. The number of likely N-dealkylation sites (tertiary alicyclic amines) is 1. The van der Waals surface area contributed by atoms with Crippen LogP contribution in [-0.4, -0.2) is 53.0 Å². The van der Waals surface area contributed by atoms with Crippen molar-refractivity contribution in [3.8, 4) is 17.1 Å².